The second-order valence-electron chi connectivity index (χ2n) is 4.74. The fraction of sp³-hybridized carbons (Fsp3) is 0.467. The van der Waals surface area contributed by atoms with E-state index in [-0.39, 0.29) is 0 Å². The molecule has 0 heterocycles. The highest BCUT2D eigenvalue weighted by Gasteiger charge is 2.10. The third kappa shape index (κ3) is 4.47. The standard InChI is InChI=1S/C15H20OS/c16-17(13-15-9-5-2-6-10-15)12-11-14-7-3-1-4-8-14/h2,5-6,9-12,14H,1,3-4,7-8,13H2/b12-11+. The van der Waals surface area contributed by atoms with Gasteiger partial charge in [0.2, 0.25) is 0 Å². The molecule has 1 atom stereocenters. The Kier molecular flexibility index (Phi) is 4.99. The molecule has 0 spiro atoms. The van der Waals surface area contributed by atoms with Crippen LogP contribution in [0.15, 0.2) is 41.8 Å². The van der Waals surface area contributed by atoms with Crippen molar-refractivity contribution in [3.63, 3.8) is 0 Å². The van der Waals surface area contributed by atoms with Crippen LogP contribution in [0.5, 0.6) is 0 Å². The first-order valence-corrected chi connectivity index (χ1v) is 7.82. The van der Waals surface area contributed by atoms with E-state index in [0.717, 1.165) is 5.56 Å². The first-order valence-electron chi connectivity index (χ1n) is 6.44. The van der Waals surface area contributed by atoms with Crippen LogP contribution in [0.25, 0.3) is 0 Å². The molecule has 1 saturated carbocycles. The molecule has 2 rings (SSSR count). The van der Waals surface area contributed by atoms with Crippen LogP contribution in [0.4, 0.5) is 0 Å². The van der Waals surface area contributed by atoms with Crippen LogP contribution in [0.2, 0.25) is 0 Å². The Bertz CT molecular complexity index is 377. The van der Waals surface area contributed by atoms with E-state index in [2.05, 4.69) is 6.08 Å². The summed E-state index contributed by atoms with van der Waals surface area (Å²) in [6.45, 7) is 0. The summed E-state index contributed by atoms with van der Waals surface area (Å²) in [5.41, 5.74) is 1.15. The average molecular weight is 248 g/mol. The van der Waals surface area contributed by atoms with Gasteiger partial charge in [-0.15, -0.1) is 0 Å². The van der Waals surface area contributed by atoms with Crippen LogP contribution < -0.4 is 0 Å². The predicted octanol–water partition coefficient (Wildman–Crippen LogP) is 4.03. The van der Waals surface area contributed by atoms with Gasteiger partial charge in [0, 0.05) is 10.8 Å². The molecule has 1 aliphatic carbocycles. The normalized spacial score (nSPS) is 19.5. The monoisotopic (exact) mass is 248 g/mol. The third-order valence-electron chi connectivity index (χ3n) is 3.30. The van der Waals surface area contributed by atoms with Gasteiger partial charge in [0.25, 0.3) is 0 Å². The molecular formula is C15H20OS. The molecule has 0 aliphatic heterocycles. The lowest BCUT2D eigenvalue weighted by Gasteiger charge is -2.17. The molecule has 1 aromatic carbocycles. The second-order valence-corrected chi connectivity index (χ2v) is 6.06. The van der Waals surface area contributed by atoms with Crippen molar-refractivity contribution in [1.29, 1.82) is 0 Å². The van der Waals surface area contributed by atoms with E-state index in [1.54, 1.807) is 0 Å². The largest absolute Gasteiger partial charge is 0.255 e. The van der Waals surface area contributed by atoms with E-state index in [1.165, 1.54) is 32.1 Å². The number of hydrogen-bond donors (Lipinski definition) is 0. The van der Waals surface area contributed by atoms with Crippen LogP contribution in [0, 0.1) is 5.92 Å². The van der Waals surface area contributed by atoms with Crippen LogP contribution >= 0.6 is 0 Å². The van der Waals surface area contributed by atoms with E-state index < -0.39 is 10.8 Å². The van der Waals surface area contributed by atoms with Crippen molar-refractivity contribution in [1.82, 2.24) is 0 Å². The topological polar surface area (TPSA) is 17.1 Å². The van der Waals surface area contributed by atoms with Crippen molar-refractivity contribution in [2.75, 3.05) is 0 Å². The number of benzene rings is 1. The molecule has 1 fully saturated rings. The number of rotatable bonds is 4. The number of hydrogen-bond acceptors (Lipinski definition) is 1. The maximum Gasteiger partial charge on any atom is 0.0526 e. The van der Waals surface area contributed by atoms with Gasteiger partial charge in [-0.25, -0.2) is 0 Å². The first kappa shape index (κ1) is 12.6. The summed E-state index contributed by atoms with van der Waals surface area (Å²) >= 11 is 0. The molecule has 17 heavy (non-hydrogen) atoms. The molecule has 0 bridgehead atoms. The van der Waals surface area contributed by atoms with Crippen molar-refractivity contribution < 1.29 is 4.21 Å². The highest BCUT2D eigenvalue weighted by molar-refractivity contribution is 7.87. The van der Waals surface area contributed by atoms with Crippen LogP contribution in [-0.2, 0) is 16.6 Å². The van der Waals surface area contributed by atoms with Crippen LogP contribution in [-0.4, -0.2) is 4.21 Å². The van der Waals surface area contributed by atoms with Crippen molar-refractivity contribution in [3.8, 4) is 0 Å². The Morgan fingerprint density at radius 1 is 1.12 bits per heavy atom. The minimum atomic E-state index is -0.853. The zero-order valence-corrected chi connectivity index (χ0v) is 11.0. The van der Waals surface area contributed by atoms with E-state index in [0.29, 0.717) is 11.7 Å². The van der Waals surface area contributed by atoms with Gasteiger partial charge < -0.3 is 0 Å². The van der Waals surface area contributed by atoms with Gasteiger partial charge in [-0.05, 0) is 29.7 Å². The molecule has 1 nitrogen and oxygen atoms in total. The molecule has 2 heteroatoms. The van der Waals surface area contributed by atoms with Crippen molar-refractivity contribution in [3.05, 3.63) is 47.4 Å². The van der Waals surface area contributed by atoms with Crippen LogP contribution in [0.3, 0.4) is 0 Å². The lowest BCUT2D eigenvalue weighted by molar-refractivity contribution is 0.419. The maximum absolute atomic E-state index is 11.9. The molecule has 0 saturated heterocycles. The Morgan fingerprint density at radius 3 is 2.53 bits per heavy atom. The first-order chi connectivity index (χ1) is 8.34. The third-order valence-corrected chi connectivity index (χ3v) is 4.38. The molecule has 0 N–H and O–H groups in total. The van der Waals surface area contributed by atoms with Gasteiger partial charge in [-0.1, -0.05) is 55.7 Å². The molecule has 0 amide bonds. The summed E-state index contributed by atoms with van der Waals surface area (Å²) in [5.74, 6) is 1.31. The molecule has 1 aromatic rings. The molecule has 0 radical (unpaired) electrons. The molecule has 1 aliphatic rings. The summed E-state index contributed by atoms with van der Waals surface area (Å²) in [6, 6.07) is 10.1. The number of allylic oxidation sites excluding steroid dienone is 1. The van der Waals surface area contributed by atoms with Gasteiger partial charge in [0.15, 0.2) is 0 Å². The minimum absolute atomic E-state index is 0.643. The van der Waals surface area contributed by atoms with Crippen molar-refractivity contribution >= 4 is 10.8 Å². The smallest absolute Gasteiger partial charge is 0.0526 e. The van der Waals surface area contributed by atoms with E-state index >= 15 is 0 Å². The quantitative estimate of drug-likeness (QED) is 0.786. The zero-order valence-electron chi connectivity index (χ0n) is 10.2. The summed E-state index contributed by atoms with van der Waals surface area (Å²) in [7, 11) is -0.853. The summed E-state index contributed by atoms with van der Waals surface area (Å²) in [6.07, 6.45) is 8.77. The fourth-order valence-corrected chi connectivity index (χ4v) is 3.33. The van der Waals surface area contributed by atoms with Gasteiger partial charge in [-0.2, -0.15) is 0 Å². The Hall–Kier alpha value is -0.890. The molecular weight excluding hydrogens is 228 g/mol. The Labute approximate surface area is 106 Å². The maximum atomic E-state index is 11.9. The average Bonchev–Trinajstić information content (AvgIpc) is 2.39. The van der Waals surface area contributed by atoms with Gasteiger partial charge >= 0.3 is 0 Å². The molecule has 0 aromatic heterocycles. The van der Waals surface area contributed by atoms with Gasteiger partial charge in [0.1, 0.15) is 0 Å². The Balaban J connectivity index is 1.82. The second kappa shape index (κ2) is 6.75. The van der Waals surface area contributed by atoms with E-state index in [1.807, 2.05) is 35.7 Å². The van der Waals surface area contributed by atoms with Crippen molar-refractivity contribution in [2.24, 2.45) is 5.92 Å². The van der Waals surface area contributed by atoms with Crippen LogP contribution in [0.1, 0.15) is 37.7 Å². The summed E-state index contributed by atoms with van der Waals surface area (Å²) < 4.78 is 11.9. The van der Waals surface area contributed by atoms with Gasteiger partial charge in [0.05, 0.1) is 5.75 Å². The minimum Gasteiger partial charge on any atom is -0.255 e. The van der Waals surface area contributed by atoms with Gasteiger partial charge in [-0.3, -0.25) is 4.21 Å². The lowest BCUT2D eigenvalue weighted by Crippen LogP contribution is -2.03. The van der Waals surface area contributed by atoms with E-state index in [4.69, 9.17) is 0 Å². The van der Waals surface area contributed by atoms with E-state index in [9.17, 15) is 4.21 Å². The fourth-order valence-electron chi connectivity index (χ4n) is 2.31. The lowest BCUT2D eigenvalue weighted by atomic mass is 9.90. The summed E-state index contributed by atoms with van der Waals surface area (Å²) in [4.78, 5) is 0. The molecule has 1 unspecified atom stereocenters. The SMILES string of the molecule is O=S(/C=C/C1CCCCC1)Cc1ccccc1. The predicted molar refractivity (Wildman–Crippen MR) is 74.0 cm³/mol. The summed E-state index contributed by atoms with van der Waals surface area (Å²) in [5, 5.41) is 1.91. The van der Waals surface area contributed by atoms with Crippen molar-refractivity contribution in [2.45, 2.75) is 37.9 Å². The zero-order chi connectivity index (χ0) is 11.9. The Morgan fingerprint density at radius 2 is 1.82 bits per heavy atom. The molecule has 92 valence electrons. The highest BCUT2D eigenvalue weighted by Crippen LogP contribution is 2.24. The highest BCUT2D eigenvalue weighted by atomic mass is 32.2.